The molecule has 3 rings (SSSR count). The Labute approximate surface area is 131 Å². The van der Waals surface area contributed by atoms with E-state index in [2.05, 4.69) is 72.0 Å². The van der Waals surface area contributed by atoms with Gasteiger partial charge in [-0.15, -0.1) is 11.3 Å². The van der Waals surface area contributed by atoms with E-state index >= 15 is 0 Å². The van der Waals surface area contributed by atoms with Gasteiger partial charge in [-0.25, -0.2) is 0 Å². The number of thiophene rings is 1. The molecular weight excluding hydrogens is 276 g/mol. The molecule has 3 atom stereocenters. The number of nitrogens with zero attached hydrogens (tertiary/aromatic N) is 1. The highest BCUT2D eigenvalue weighted by atomic mass is 32.1. The molecule has 1 aliphatic heterocycles. The molecule has 3 unspecified atom stereocenters. The summed E-state index contributed by atoms with van der Waals surface area (Å²) in [6.07, 6.45) is 2.46. The van der Waals surface area contributed by atoms with E-state index in [0.29, 0.717) is 18.1 Å². The quantitative estimate of drug-likeness (QED) is 0.921. The standard InChI is InChI=1S/C18H24N2S/c1-14-13-16(10-11-20(14)2)19-18(17-9-6-12-21-17)15-7-4-3-5-8-15/h3-9,12,14,16,18-19H,10-11,13H2,1-2H3. The van der Waals surface area contributed by atoms with E-state index < -0.39 is 0 Å². The molecule has 2 aromatic rings. The van der Waals surface area contributed by atoms with Crippen molar-refractivity contribution in [3.8, 4) is 0 Å². The van der Waals surface area contributed by atoms with Gasteiger partial charge >= 0.3 is 0 Å². The number of nitrogens with one attached hydrogen (secondary N) is 1. The van der Waals surface area contributed by atoms with Crippen LogP contribution in [-0.4, -0.2) is 30.6 Å². The molecule has 2 nitrogen and oxygen atoms in total. The Morgan fingerprint density at radius 2 is 2.00 bits per heavy atom. The van der Waals surface area contributed by atoms with E-state index in [9.17, 15) is 0 Å². The Morgan fingerprint density at radius 1 is 1.19 bits per heavy atom. The van der Waals surface area contributed by atoms with Crippen LogP contribution < -0.4 is 5.32 Å². The van der Waals surface area contributed by atoms with Crippen LogP contribution in [0.15, 0.2) is 47.8 Å². The molecule has 21 heavy (non-hydrogen) atoms. The fraction of sp³-hybridized carbons (Fsp3) is 0.444. The summed E-state index contributed by atoms with van der Waals surface area (Å²) >= 11 is 1.84. The molecule has 112 valence electrons. The topological polar surface area (TPSA) is 15.3 Å². The van der Waals surface area contributed by atoms with Crippen LogP contribution in [-0.2, 0) is 0 Å². The first-order valence-corrected chi connectivity index (χ1v) is 8.66. The first kappa shape index (κ1) is 14.8. The van der Waals surface area contributed by atoms with Crippen molar-refractivity contribution in [3.05, 3.63) is 58.3 Å². The smallest absolute Gasteiger partial charge is 0.0673 e. The molecule has 1 N–H and O–H groups in total. The van der Waals surface area contributed by atoms with Crippen molar-refractivity contribution in [3.63, 3.8) is 0 Å². The van der Waals surface area contributed by atoms with Crippen LogP contribution in [0.2, 0.25) is 0 Å². The molecule has 0 bridgehead atoms. The van der Waals surface area contributed by atoms with Crippen LogP contribution in [0.25, 0.3) is 0 Å². The molecule has 1 aromatic heterocycles. The molecule has 1 aliphatic rings. The van der Waals surface area contributed by atoms with Crippen molar-refractivity contribution in [1.82, 2.24) is 10.2 Å². The highest BCUT2D eigenvalue weighted by Crippen LogP contribution is 2.28. The van der Waals surface area contributed by atoms with Crippen LogP contribution in [0.4, 0.5) is 0 Å². The van der Waals surface area contributed by atoms with Gasteiger partial charge in [-0.1, -0.05) is 36.4 Å². The lowest BCUT2D eigenvalue weighted by molar-refractivity contribution is 0.165. The summed E-state index contributed by atoms with van der Waals surface area (Å²) in [5.41, 5.74) is 1.37. The van der Waals surface area contributed by atoms with Gasteiger partial charge in [-0.2, -0.15) is 0 Å². The Hall–Kier alpha value is -1.16. The SMILES string of the molecule is CC1CC(NC(c2ccccc2)c2cccs2)CCN1C. The van der Waals surface area contributed by atoms with Gasteiger partial charge in [0.2, 0.25) is 0 Å². The van der Waals surface area contributed by atoms with E-state index in [0.717, 1.165) is 0 Å². The molecule has 2 heterocycles. The Morgan fingerprint density at radius 3 is 2.67 bits per heavy atom. The van der Waals surface area contributed by atoms with Gasteiger partial charge in [-0.05, 0) is 50.4 Å². The second-order valence-corrected chi connectivity index (χ2v) is 7.06. The molecule has 0 spiro atoms. The molecule has 0 amide bonds. The number of likely N-dealkylation sites (tertiary alicyclic amines) is 1. The van der Waals surface area contributed by atoms with E-state index in [4.69, 9.17) is 0 Å². The predicted octanol–water partition coefficient (Wildman–Crippen LogP) is 3.91. The molecule has 0 aliphatic carbocycles. The maximum absolute atomic E-state index is 3.91. The van der Waals surface area contributed by atoms with Gasteiger partial charge in [0.05, 0.1) is 6.04 Å². The van der Waals surface area contributed by atoms with Gasteiger partial charge in [0.1, 0.15) is 0 Å². The molecule has 1 fully saturated rings. The van der Waals surface area contributed by atoms with E-state index in [-0.39, 0.29) is 0 Å². The van der Waals surface area contributed by atoms with Crippen molar-refractivity contribution in [2.24, 2.45) is 0 Å². The molecule has 0 radical (unpaired) electrons. The minimum Gasteiger partial charge on any atom is -0.304 e. The second-order valence-electron chi connectivity index (χ2n) is 6.08. The summed E-state index contributed by atoms with van der Waals surface area (Å²) < 4.78 is 0. The molecule has 0 saturated carbocycles. The Balaban J connectivity index is 1.77. The summed E-state index contributed by atoms with van der Waals surface area (Å²) in [6.45, 7) is 3.52. The monoisotopic (exact) mass is 300 g/mol. The van der Waals surface area contributed by atoms with Crippen molar-refractivity contribution < 1.29 is 0 Å². The predicted molar refractivity (Wildman–Crippen MR) is 90.9 cm³/mol. The van der Waals surface area contributed by atoms with E-state index in [1.54, 1.807) is 0 Å². The maximum Gasteiger partial charge on any atom is 0.0673 e. The highest BCUT2D eigenvalue weighted by Gasteiger charge is 2.26. The second kappa shape index (κ2) is 6.73. The zero-order valence-corrected chi connectivity index (χ0v) is 13.6. The minimum atomic E-state index is 0.326. The van der Waals surface area contributed by atoms with Gasteiger partial charge in [0.15, 0.2) is 0 Å². The fourth-order valence-electron chi connectivity index (χ4n) is 3.12. The lowest BCUT2D eigenvalue weighted by Gasteiger charge is -2.37. The normalized spacial score (nSPS) is 24.9. The minimum absolute atomic E-state index is 0.326. The largest absolute Gasteiger partial charge is 0.304 e. The summed E-state index contributed by atoms with van der Waals surface area (Å²) in [7, 11) is 2.23. The maximum atomic E-state index is 3.91. The first-order chi connectivity index (χ1) is 10.2. The van der Waals surface area contributed by atoms with Gasteiger partial charge in [-0.3, -0.25) is 0 Å². The van der Waals surface area contributed by atoms with Crippen molar-refractivity contribution in [2.45, 2.75) is 37.9 Å². The van der Waals surface area contributed by atoms with Crippen LogP contribution >= 0.6 is 11.3 Å². The Bertz CT molecular complexity index is 538. The van der Waals surface area contributed by atoms with Gasteiger partial charge in [0.25, 0.3) is 0 Å². The molecule has 1 saturated heterocycles. The summed E-state index contributed by atoms with van der Waals surface area (Å²) in [5, 5.41) is 6.08. The molecule has 3 heteroatoms. The first-order valence-electron chi connectivity index (χ1n) is 7.78. The summed E-state index contributed by atoms with van der Waals surface area (Å²) in [6, 6.07) is 16.8. The number of rotatable bonds is 4. The number of piperidine rings is 1. The van der Waals surface area contributed by atoms with Crippen LogP contribution in [0.5, 0.6) is 0 Å². The van der Waals surface area contributed by atoms with E-state index in [1.165, 1.54) is 29.8 Å². The lowest BCUT2D eigenvalue weighted by atomic mass is 9.96. The number of benzene rings is 1. The van der Waals surface area contributed by atoms with E-state index in [1.807, 2.05) is 11.3 Å². The van der Waals surface area contributed by atoms with Crippen molar-refractivity contribution in [1.29, 1.82) is 0 Å². The fourth-order valence-corrected chi connectivity index (χ4v) is 3.93. The molecular formula is C18H24N2S. The number of hydrogen-bond acceptors (Lipinski definition) is 3. The third kappa shape index (κ3) is 3.54. The average molecular weight is 300 g/mol. The zero-order valence-electron chi connectivity index (χ0n) is 12.8. The highest BCUT2D eigenvalue weighted by molar-refractivity contribution is 7.10. The average Bonchev–Trinajstić information content (AvgIpc) is 3.03. The van der Waals surface area contributed by atoms with Crippen LogP contribution in [0.3, 0.4) is 0 Å². The van der Waals surface area contributed by atoms with Crippen LogP contribution in [0, 0.1) is 0 Å². The zero-order chi connectivity index (χ0) is 14.7. The summed E-state index contributed by atoms with van der Waals surface area (Å²) in [5.74, 6) is 0. The van der Waals surface area contributed by atoms with Crippen LogP contribution in [0.1, 0.15) is 36.2 Å². The summed E-state index contributed by atoms with van der Waals surface area (Å²) in [4.78, 5) is 3.87. The van der Waals surface area contributed by atoms with Gasteiger partial charge < -0.3 is 10.2 Å². The Kier molecular flexibility index (Phi) is 4.73. The van der Waals surface area contributed by atoms with Crippen molar-refractivity contribution in [2.75, 3.05) is 13.6 Å². The molecule has 1 aromatic carbocycles. The third-order valence-electron chi connectivity index (χ3n) is 4.57. The lowest BCUT2D eigenvalue weighted by Crippen LogP contribution is -2.46. The van der Waals surface area contributed by atoms with Crippen molar-refractivity contribution >= 4 is 11.3 Å². The van der Waals surface area contributed by atoms with Gasteiger partial charge in [0, 0.05) is 17.0 Å². The number of hydrogen-bond donors (Lipinski definition) is 1. The third-order valence-corrected chi connectivity index (χ3v) is 5.51.